The molecule has 0 saturated carbocycles. The molecule has 1 rings (SSSR count). The van der Waals surface area contributed by atoms with Crippen LogP contribution in [0.25, 0.3) is 0 Å². The van der Waals surface area contributed by atoms with E-state index in [-0.39, 0.29) is 12.1 Å². The first-order chi connectivity index (χ1) is 8.82. The molecule has 0 aliphatic rings. The van der Waals surface area contributed by atoms with E-state index in [1.54, 1.807) is 0 Å². The van der Waals surface area contributed by atoms with Crippen LogP contribution in [0.1, 0.15) is 31.3 Å². The van der Waals surface area contributed by atoms with Gasteiger partial charge in [0, 0.05) is 12.6 Å². The van der Waals surface area contributed by atoms with Gasteiger partial charge in [0.15, 0.2) is 0 Å². The fourth-order valence-corrected chi connectivity index (χ4v) is 1.45. The highest BCUT2D eigenvalue weighted by molar-refractivity contribution is 5.07. The molecular formula is C12H20N2O5. The molecule has 0 unspecified atom stereocenters. The van der Waals surface area contributed by atoms with Crippen molar-refractivity contribution in [3.8, 4) is 0 Å². The highest BCUT2D eigenvalue weighted by Gasteiger charge is 2.24. The minimum Gasteiger partial charge on any atom is -0.391 e. The third kappa shape index (κ3) is 4.48. The van der Waals surface area contributed by atoms with Gasteiger partial charge in [0.2, 0.25) is 0 Å². The Morgan fingerprint density at radius 1 is 0.947 bits per heavy atom. The highest BCUT2D eigenvalue weighted by atomic mass is 16.4. The van der Waals surface area contributed by atoms with E-state index in [1.165, 1.54) is 26.2 Å². The fraction of sp³-hybridized carbons (Fsp3) is 0.667. The average Bonchev–Trinajstić information content (AvgIpc) is 2.37. The van der Waals surface area contributed by atoms with Crippen molar-refractivity contribution in [1.29, 1.82) is 0 Å². The molecule has 1 aromatic rings. The first-order valence-electron chi connectivity index (χ1n) is 6.04. The summed E-state index contributed by atoms with van der Waals surface area (Å²) in [5, 5.41) is 47.0. The molecule has 0 bridgehead atoms. The van der Waals surface area contributed by atoms with Crippen molar-refractivity contribution in [3.05, 3.63) is 23.8 Å². The zero-order valence-corrected chi connectivity index (χ0v) is 10.9. The van der Waals surface area contributed by atoms with Crippen LogP contribution in [0.3, 0.4) is 0 Å². The van der Waals surface area contributed by atoms with Crippen LogP contribution < -0.4 is 0 Å². The van der Waals surface area contributed by atoms with Gasteiger partial charge in [0.1, 0.15) is 12.2 Å². The molecule has 0 spiro atoms. The Morgan fingerprint density at radius 2 is 1.58 bits per heavy atom. The molecule has 5 N–H and O–H groups in total. The zero-order valence-electron chi connectivity index (χ0n) is 10.9. The predicted molar refractivity (Wildman–Crippen MR) is 66.1 cm³/mol. The van der Waals surface area contributed by atoms with E-state index >= 15 is 0 Å². The zero-order chi connectivity index (χ0) is 14.6. The lowest BCUT2D eigenvalue weighted by Crippen LogP contribution is -2.30. The van der Waals surface area contributed by atoms with Crippen molar-refractivity contribution in [2.45, 2.75) is 50.8 Å². The molecule has 0 amide bonds. The van der Waals surface area contributed by atoms with Gasteiger partial charge < -0.3 is 25.5 Å². The average molecular weight is 272 g/mol. The Hall–Kier alpha value is -1.12. The van der Waals surface area contributed by atoms with E-state index in [4.69, 9.17) is 10.2 Å². The molecule has 7 heteroatoms. The molecular weight excluding hydrogens is 252 g/mol. The topological polar surface area (TPSA) is 127 Å². The molecule has 0 radical (unpaired) electrons. The molecule has 108 valence electrons. The van der Waals surface area contributed by atoms with Gasteiger partial charge in [-0.3, -0.25) is 9.97 Å². The van der Waals surface area contributed by atoms with Crippen LogP contribution in [0.5, 0.6) is 0 Å². The highest BCUT2D eigenvalue weighted by Crippen LogP contribution is 2.16. The predicted octanol–water partition coefficient (Wildman–Crippen LogP) is -1.46. The molecule has 1 aromatic heterocycles. The third-order valence-electron chi connectivity index (χ3n) is 2.82. The molecule has 0 saturated heterocycles. The van der Waals surface area contributed by atoms with Gasteiger partial charge in [-0.05, 0) is 13.8 Å². The summed E-state index contributed by atoms with van der Waals surface area (Å²) < 4.78 is 0. The van der Waals surface area contributed by atoms with Gasteiger partial charge >= 0.3 is 0 Å². The lowest BCUT2D eigenvalue weighted by molar-refractivity contribution is -0.0549. The maximum Gasteiger partial charge on any atom is 0.126 e. The first kappa shape index (κ1) is 15.9. The molecule has 0 fully saturated rings. The van der Waals surface area contributed by atoms with Crippen LogP contribution in [-0.2, 0) is 6.42 Å². The maximum absolute atomic E-state index is 9.72. The van der Waals surface area contributed by atoms with Crippen molar-refractivity contribution in [1.82, 2.24) is 9.97 Å². The van der Waals surface area contributed by atoms with E-state index in [2.05, 4.69) is 9.97 Å². The van der Waals surface area contributed by atoms with E-state index in [0.29, 0.717) is 5.69 Å². The van der Waals surface area contributed by atoms with E-state index in [1.807, 2.05) is 0 Å². The van der Waals surface area contributed by atoms with E-state index in [0.717, 1.165) is 0 Å². The van der Waals surface area contributed by atoms with Crippen LogP contribution in [-0.4, -0.2) is 59.9 Å². The third-order valence-corrected chi connectivity index (χ3v) is 2.82. The summed E-state index contributed by atoms with van der Waals surface area (Å²) in [6.07, 6.45) is -2.82. The number of hydrogen-bond acceptors (Lipinski definition) is 7. The maximum atomic E-state index is 9.72. The van der Waals surface area contributed by atoms with Gasteiger partial charge in [-0.15, -0.1) is 0 Å². The van der Waals surface area contributed by atoms with E-state index in [9.17, 15) is 15.3 Å². The van der Waals surface area contributed by atoms with Crippen molar-refractivity contribution in [3.63, 3.8) is 0 Å². The van der Waals surface area contributed by atoms with Crippen molar-refractivity contribution in [2.24, 2.45) is 0 Å². The smallest absolute Gasteiger partial charge is 0.126 e. The SMILES string of the molecule is C[C@@H](O)[C@H](O)[C@@H](O)c1cnc(C[C@@H](O)[C@@H](C)O)cn1. The molecule has 7 nitrogen and oxygen atoms in total. The second kappa shape index (κ2) is 6.88. The number of rotatable bonds is 6. The molecule has 1 heterocycles. The summed E-state index contributed by atoms with van der Waals surface area (Å²) >= 11 is 0. The van der Waals surface area contributed by atoms with Crippen LogP contribution in [0.15, 0.2) is 12.4 Å². The van der Waals surface area contributed by atoms with Crippen molar-refractivity contribution in [2.75, 3.05) is 0 Å². The largest absolute Gasteiger partial charge is 0.391 e. The van der Waals surface area contributed by atoms with Gasteiger partial charge in [-0.1, -0.05) is 0 Å². The summed E-state index contributed by atoms with van der Waals surface area (Å²) in [5.74, 6) is 0. The molecule has 19 heavy (non-hydrogen) atoms. The van der Waals surface area contributed by atoms with Crippen LogP contribution in [0.2, 0.25) is 0 Å². The Bertz CT molecular complexity index is 382. The molecule has 0 aliphatic heterocycles. The lowest BCUT2D eigenvalue weighted by atomic mass is 10.1. The summed E-state index contributed by atoms with van der Waals surface area (Å²) in [6.45, 7) is 2.82. The minimum atomic E-state index is -1.34. The number of aliphatic hydroxyl groups excluding tert-OH is 5. The van der Waals surface area contributed by atoms with Gasteiger partial charge in [0.05, 0.1) is 35.9 Å². The molecule has 5 atom stereocenters. The Labute approximate surface area is 111 Å². The van der Waals surface area contributed by atoms with Gasteiger partial charge in [-0.25, -0.2) is 0 Å². The second-order valence-electron chi connectivity index (χ2n) is 4.62. The normalized spacial score (nSPS) is 19.5. The fourth-order valence-electron chi connectivity index (χ4n) is 1.45. The monoisotopic (exact) mass is 272 g/mol. The van der Waals surface area contributed by atoms with E-state index < -0.39 is 30.5 Å². The second-order valence-corrected chi connectivity index (χ2v) is 4.62. The van der Waals surface area contributed by atoms with Crippen LogP contribution >= 0.6 is 0 Å². The Morgan fingerprint density at radius 3 is 2.00 bits per heavy atom. The van der Waals surface area contributed by atoms with Crippen LogP contribution in [0.4, 0.5) is 0 Å². The summed E-state index contributed by atoms with van der Waals surface area (Å²) in [6, 6.07) is 0. The summed E-state index contributed by atoms with van der Waals surface area (Å²) in [4.78, 5) is 7.90. The Kier molecular flexibility index (Phi) is 5.77. The quantitative estimate of drug-likeness (QED) is 0.428. The lowest BCUT2D eigenvalue weighted by Gasteiger charge is -2.19. The molecule has 0 aliphatic carbocycles. The standard InChI is InChI=1S/C12H20N2O5/c1-6(15)10(17)3-8-4-14-9(5-13-8)12(19)11(18)7(2)16/h4-7,10-12,15-19H,3H2,1-2H3/t6-,7-,10-,11+,12+/m1/s1. The van der Waals surface area contributed by atoms with Gasteiger partial charge in [0.25, 0.3) is 0 Å². The Balaban J connectivity index is 2.71. The number of aromatic nitrogens is 2. The van der Waals surface area contributed by atoms with Crippen molar-refractivity contribution >= 4 is 0 Å². The minimum absolute atomic E-state index is 0.128. The first-order valence-corrected chi connectivity index (χ1v) is 6.04. The number of hydrogen-bond donors (Lipinski definition) is 5. The number of nitrogens with zero attached hydrogens (tertiary/aromatic N) is 2. The van der Waals surface area contributed by atoms with Crippen LogP contribution in [0, 0.1) is 0 Å². The summed E-state index contributed by atoms with van der Waals surface area (Å²) in [5.41, 5.74) is 0.583. The number of aliphatic hydroxyl groups is 5. The molecule has 0 aromatic carbocycles. The summed E-state index contributed by atoms with van der Waals surface area (Å²) in [7, 11) is 0. The van der Waals surface area contributed by atoms with Crippen molar-refractivity contribution < 1.29 is 25.5 Å². The van der Waals surface area contributed by atoms with Gasteiger partial charge in [-0.2, -0.15) is 0 Å².